The maximum atomic E-state index is 12.8. The summed E-state index contributed by atoms with van der Waals surface area (Å²) in [5.74, 6) is 0.805. The topological polar surface area (TPSA) is 42.2 Å². The minimum Gasteiger partial charge on any atom is -0.360 e. The molecule has 0 spiro atoms. The first-order valence-electron chi connectivity index (χ1n) is 8.70. The Morgan fingerprint density at radius 3 is 2.63 bits per heavy atom. The van der Waals surface area contributed by atoms with Gasteiger partial charge in [0.05, 0.1) is 11.3 Å². The summed E-state index contributed by atoms with van der Waals surface area (Å²) in [5.41, 5.74) is 3.67. The largest absolute Gasteiger partial charge is 0.416 e. The third-order valence-electron chi connectivity index (χ3n) is 4.88. The third-order valence-corrected chi connectivity index (χ3v) is 4.88. The van der Waals surface area contributed by atoms with Gasteiger partial charge in [-0.25, -0.2) is 0 Å². The zero-order valence-electron chi connectivity index (χ0n) is 14.8. The van der Waals surface area contributed by atoms with Crippen molar-refractivity contribution in [3.05, 3.63) is 70.7 Å². The summed E-state index contributed by atoms with van der Waals surface area (Å²) in [6, 6.07) is 8.99. The monoisotopic (exact) mass is 373 g/mol. The third kappa shape index (κ3) is 3.60. The molecule has 0 unspecified atom stereocenters. The van der Waals surface area contributed by atoms with Crippen molar-refractivity contribution in [2.75, 3.05) is 6.54 Å². The van der Waals surface area contributed by atoms with Gasteiger partial charge in [-0.1, -0.05) is 23.4 Å². The van der Waals surface area contributed by atoms with Gasteiger partial charge in [-0.05, 0) is 30.7 Å². The number of aryl methyl sites for hydroxylation is 1. The lowest BCUT2D eigenvalue weighted by Crippen LogP contribution is -2.30. The second-order valence-corrected chi connectivity index (χ2v) is 6.74. The Bertz CT molecular complexity index is 948. The van der Waals surface area contributed by atoms with Crippen molar-refractivity contribution in [2.24, 2.45) is 0 Å². The Kier molecular flexibility index (Phi) is 4.47. The molecule has 0 radical (unpaired) electrons. The number of rotatable bonds is 3. The number of pyridine rings is 1. The quantitative estimate of drug-likeness (QED) is 0.672. The number of benzene rings is 1. The van der Waals surface area contributed by atoms with Crippen LogP contribution in [0.15, 0.2) is 47.1 Å². The summed E-state index contributed by atoms with van der Waals surface area (Å²) < 4.78 is 43.8. The number of alkyl halides is 3. The van der Waals surface area contributed by atoms with Gasteiger partial charge in [0.15, 0.2) is 0 Å². The van der Waals surface area contributed by atoms with Gasteiger partial charge in [0.2, 0.25) is 0 Å². The molecule has 3 aromatic rings. The predicted octanol–water partition coefficient (Wildman–Crippen LogP) is 4.62. The highest BCUT2D eigenvalue weighted by Crippen LogP contribution is 2.34. The van der Waals surface area contributed by atoms with Crippen LogP contribution in [-0.2, 0) is 25.7 Å². The molecule has 4 nitrogen and oxygen atoms in total. The molecule has 1 aromatic carbocycles. The molecule has 27 heavy (non-hydrogen) atoms. The van der Waals surface area contributed by atoms with Gasteiger partial charge in [0.25, 0.3) is 0 Å². The fourth-order valence-electron chi connectivity index (χ4n) is 3.34. The maximum absolute atomic E-state index is 12.8. The van der Waals surface area contributed by atoms with Crippen LogP contribution in [0.5, 0.6) is 0 Å². The molecule has 0 amide bonds. The molecule has 1 aliphatic rings. The van der Waals surface area contributed by atoms with Crippen LogP contribution in [0.25, 0.3) is 11.3 Å². The number of hydrogen-bond acceptors (Lipinski definition) is 4. The molecular weight excluding hydrogens is 355 g/mol. The molecule has 0 atom stereocenters. The SMILES string of the molecule is Cc1cccnc1CN1CCc2onc(-c3ccc(C(F)(F)F)cc3)c2C1. The zero-order valence-corrected chi connectivity index (χ0v) is 14.8. The van der Waals surface area contributed by atoms with E-state index in [1.54, 1.807) is 6.20 Å². The van der Waals surface area contributed by atoms with E-state index >= 15 is 0 Å². The zero-order chi connectivity index (χ0) is 19.0. The number of halogens is 3. The standard InChI is InChI=1S/C20H18F3N3O/c1-13-3-2-9-24-17(13)12-26-10-8-18-16(11-26)19(25-27-18)14-4-6-15(7-5-14)20(21,22)23/h2-7,9H,8,10-12H2,1H3. The molecule has 4 rings (SSSR count). The van der Waals surface area contributed by atoms with Crippen LogP contribution in [0.1, 0.15) is 28.1 Å². The molecule has 0 aliphatic carbocycles. The van der Waals surface area contributed by atoms with E-state index in [4.69, 9.17) is 4.52 Å². The van der Waals surface area contributed by atoms with Gasteiger partial charge >= 0.3 is 6.18 Å². The second kappa shape index (κ2) is 6.81. The van der Waals surface area contributed by atoms with Crippen LogP contribution < -0.4 is 0 Å². The van der Waals surface area contributed by atoms with Crippen molar-refractivity contribution in [1.82, 2.24) is 15.0 Å². The molecule has 3 heterocycles. The van der Waals surface area contributed by atoms with Crippen molar-refractivity contribution >= 4 is 0 Å². The van der Waals surface area contributed by atoms with Gasteiger partial charge < -0.3 is 4.52 Å². The van der Waals surface area contributed by atoms with Gasteiger partial charge in [0.1, 0.15) is 11.5 Å². The summed E-state index contributed by atoms with van der Waals surface area (Å²) in [6.45, 7) is 4.20. The Morgan fingerprint density at radius 1 is 1.15 bits per heavy atom. The minimum absolute atomic E-state index is 0.612. The molecule has 0 saturated carbocycles. The first-order chi connectivity index (χ1) is 12.9. The van der Waals surface area contributed by atoms with Gasteiger partial charge in [0, 0.05) is 43.4 Å². The Labute approximate surface area is 154 Å². The summed E-state index contributed by atoms with van der Waals surface area (Å²) >= 11 is 0. The predicted molar refractivity (Wildman–Crippen MR) is 93.7 cm³/mol. The summed E-state index contributed by atoms with van der Waals surface area (Å²) in [5, 5.41) is 4.12. The minimum atomic E-state index is -4.35. The molecule has 1 aliphatic heterocycles. The van der Waals surface area contributed by atoms with Crippen LogP contribution in [0.3, 0.4) is 0 Å². The number of fused-ring (bicyclic) bond motifs is 1. The number of nitrogens with zero attached hydrogens (tertiary/aromatic N) is 3. The van der Waals surface area contributed by atoms with E-state index in [0.29, 0.717) is 24.3 Å². The fourth-order valence-corrected chi connectivity index (χ4v) is 3.34. The summed E-state index contributed by atoms with van der Waals surface area (Å²) in [6.07, 6.45) is -1.85. The summed E-state index contributed by atoms with van der Waals surface area (Å²) in [7, 11) is 0. The van der Waals surface area contributed by atoms with Gasteiger partial charge in [-0.2, -0.15) is 13.2 Å². The number of aromatic nitrogens is 2. The average molecular weight is 373 g/mol. The Balaban J connectivity index is 1.57. The van der Waals surface area contributed by atoms with E-state index in [1.165, 1.54) is 12.1 Å². The van der Waals surface area contributed by atoms with Gasteiger partial charge in [-0.3, -0.25) is 9.88 Å². The average Bonchev–Trinajstić information content (AvgIpc) is 3.06. The van der Waals surface area contributed by atoms with Gasteiger partial charge in [-0.15, -0.1) is 0 Å². The number of hydrogen-bond donors (Lipinski definition) is 0. The van der Waals surface area contributed by atoms with E-state index in [2.05, 4.69) is 15.0 Å². The highest BCUT2D eigenvalue weighted by molar-refractivity contribution is 5.64. The molecule has 0 N–H and O–H groups in total. The molecule has 2 aromatic heterocycles. The van der Waals surface area contributed by atoms with Crippen LogP contribution in [0.2, 0.25) is 0 Å². The molecule has 0 fully saturated rings. The molecule has 7 heteroatoms. The van der Waals surface area contributed by atoms with Crippen molar-refractivity contribution in [2.45, 2.75) is 32.6 Å². The van der Waals surface area contributed by atoms with Crippen LogP contribution in [0.4, 0.5) is 13.2 Å². The summed E-state index contributed by atoms with van der Waals surface area (Å²) in [4.78, 5) is 6.69. The van der Waals surface area contributed by atoms with Crippen molar-refractivity contribution in [3.63, 3.8) is 0 Å². The van der Waals surface area contributed by atoms with E-state index in [0.717, 1.165) is 47.7 Å². The van der Waals surface area contributed by atoms with Crippen molar-refractivity contribution in [1.29, 1.82) is 0 Å². The normalized spacial score (nSPS) is 15.0. The van der Waals surface area contributed by atoms with Crippen molar-refractivity contribution < 1.29 is 17.7 Å². The van der Waals surface area contributed by atoms with Crippen LogP contribution in [-0.4, -0.2) is 21.6 Å². The Hall–Kier alpha value is -2.67. The van der Waals surface area contributed by atoms with E-state index in [1.807, 2.05) is 19.1 Å². The van der Waals surface area contributed by atoms with E-state index < -0.39 is 11.7 Å². The molecular formula is C20H18F3N3O. The molecule has 0 saturated heterocycles. The lowest BCUT2D eigenvalue weighted by Gasteiger charge is -2.26. The first kappa shape index (κ1) is 17.7. The fraction of sp³-hybridized carbons (Fsp3) is 0.300. The Morgan fingerprint density at radius 2 is 1.93 bits per heavy atom. The lowest BCUT2D eigenvalue weighted by atomic mass is 10.00. The van der Waals surface area contributed by atoms with E-state index in [9.17, 15) is 13.2 Å². The lowest BCUT2D eigenvalue weighted by molar-refractivity contribution is -0.137. The molecule has 0 bridgehead atoms. The van der Waals surface area contributed by atoms with Crippen LogP contribution >= 0.6 is 0 Å². The highest BCUT2D eigenvalue weighted by atomic mass is 19.4. The van der Waals surface area contributed by atoms with Crippen molar-refractivity contribution in [3.8, 4) is 11.3 Å². The highest BCUT2D eigenvalue weighted by Gasteiger charge is 2.31. The first-order valence-corrected chi connectivity index (χ1v) is 8.70. The molecule has 140 valence electrons. The van der Waals surface area contributed by atoms with E-state index in [-0.39, 0.29) is 0 Å². The maximum Gasteiger partial charge on any atom is 0.416 e. The van der Waals surface area contributed by atoms with Crippen LogP contribution in [0, 0.1) is 6.92 Å². The smallest absolute Gasteiger partial charge is 0.360 e. The second-order valence-electron chi connectivity index (χ2n) is 6.74.